The Balaban J connectivity index is 1.48. The van der Waals surface area contributed by atoms with E-state index in [1.54, 1.807) is 0 Å². The van der Waals surface area contributed by atoms with Crippen LogP contribution in [0.15, 0.2) is 60.8 Å². The number of amides is 1. The minimum atomic E-state index is -0.134. The molecule has 4 aromatic rings. The number of pyridine rings is 1. The number of nitrogens with zero attached hydrogens (tertiary/aromatic N) is 4. The lowest BCUT2D eigenvalue weighted by atomic mass is 10.2. The van der Waals surface area contributed by atoms with Crippen LogP contribution in [-0.2, 0) is 6.54 Å². The molecular formula is C20H19N5O. The molecule has 6 nitrogen and oxygen atoms in total. The zero-order valence-corrected chi connectivity index (χ0v) is 14.7. The van der Waals surface area contributed by atoms with Crippen LogP contribution in [-0.4, -0.2) is 25.1 Å². The number of carbonyl (C=O) groups is 1. The van der Waals surface area contributed by atoms with E-state index in [0.717, 1.165) is 11.3 Å². The normalized spacial score (nSPS) is 11.0. The van der Waals surface area contributed by atoms with E-state index in [9.17, 15) is 4.79 Å². The molecule has 26 heavy (non-hydrogen) atoms. The summed E-state index contributed by atoms with van der Waals surface area (Å²) in [5.74, 6) is 0.564. The molecule has 0 atom stereocenters. The first-order valence-corrected chi connectivity index (χ1v) is 8.46. The van der Waals surface area contributed by atoms with Crippen molar-refractivity contribution in [2.45, 2.75) is 20.4 Å². The number of nitrogens with one attached hydrogen (secondary N) is 1. The van der Waals surface area contributed by atoms with Crippen molar-refractivity contribution in [1.29, 1.82) is 0 Å². The van der Waals surface area contributed by atoms with Crippen molar-refractivity contribution in [3.8, 4) is 5.69 Å². The summed E-state index contributed by atoms with van der Waals surface area (Å²) in [7, 11) is 0. The number of hydrogen-bond acceptors (Lipinski definition) is 3. The molecule has 0 aliphatic heterocycles. The van der Waals surface area contributed by atoms with Gasteiger partial charge in [-0.2, -0.15) is 0 Å². The molecule has 0 saturated heterocycles. The first kappa shape index (κ1) is 16.1. The van der Waals surface area contributed by atoms with Gasteiger partial charge in [-0.1, -0.05) is 6.07 Å². The van der Waals surface area contributed by atoms with Crippen LogP contribution in [0.4, 0.5) is 0 Å². The summed E-state index contributed by atoms with van der Waals surface area (Å²) in [6.07, 6.45) is 1.88. The van der Waals surface area contributed by atoms with Crippen LogP contribution in [0, 0.1) is 13.8 Å². The number of benzene rings is 1. The standard InChI is InChI=1S/C20H19N5O/c1-14-6-7-15(2)25(14)17-10-8-16(9-11-17)20(26)21-13-19-23-22-18-5-3-4-12-24(18)19/h3-12H,13H2,1-2H3,(H,21,26). The summed E-state index contributed by atoms with van der Waals surface area (Å²) in [5.41, 5.74) is 4.75. The average Bonchev–Trinajstić information content (AvgIpc) is 3.23. The molecule has 0 bridgehead atoms. The van der Waals surface area contributed by atoms with E-state index in [0.29, 0.717) is 17.9 Å². The molecule has 0 radical (unpaired) electrons. The molecule has 1 amide bonds. The second kappa shape index (κ2) is 6.48. The van der Waals surface area contributed by atoms with Gasteiger partial charge in [-0.15, -0.1) is 10.2 Å². The van der Waals surface area contributed by atoms with Crippen molar-refractivity contribution in [3.05, 3.63) is 83.6 Å². The van der Waals surface area contributed by atoms with Gasteiger partial charge in [0.05, 0.1) is 6.54 Å². The summed E-state index contributed by atoms with van der Waals surface area (Å²) in [6.45, 7) is 4.45. The fourth-order valence-electron chi connectivity index (χ4n) is 3.11. The quantitative estimate of drug-likeness (QED) is 0.618. The highest BCUT2D eigenvalue weighted by atomic mass is 16.1. The Morgan fingerprint density at radius 2 is 1.69 bits per heavy atom. The minimum Gasteiger partial charge on any atom is -0.345 e. The minimum absolute atomic E-state index is 0.134. The Morgan fingerprint density at radius 1 is 0.962 bits per heavy atom. The third kappa shape index (κ3) is 2.86. The fraction of sp³-hybridized carbons (Fsp3) is 0.150. The molecule has 130 valence electrons. The second-order valence-corrected chi connectivity index (χ2v) is 6.23. The Labute approximate surface area is 151 Å². The van der Waals surface area contributed by atoms with Crippen LogP contribution in [0.3, 0.4) is 0 Å². The van der Waals surface area contributed by atoms with Gasteiger partial charge in [0.1, 0.15) is 0 Å². The van der Waals surface area contributed by atoms with Gasteiger partial charge in [-0.05, 0) is 62.4 Å². The fourth-order valence-corrected chi connectivity index (χ4v) is 3.11. The topological polar surface area (TPSA) is 64.2 Å². The Hall–Kier alpha value is -3.41. The summed E-state index contributed by atoms with van der Waals surface area (Å²) in [6, 6.07) is 17.5. The third-order valence-electron chi connectivity index (χ3n) is 4.45. The summed E-state index contributed by atoms with van der Waals surface area (Å²) >= 11 is 0. The predicted octanol–water partition coefficient (Wildman–Crippen LogP) is 3.07. The maximum atomic E-state index is 12.4. The van der Waals surface area contributed by atoms with E-state index in [4.69, 9.17) is 0 Å². The van der Waals surface area contributed by atoms with Gasteiger partial charge in [0.15, 0.2) is 11.5 Å². The van der Waals surface area contributed by atoms with Crippen LogP contribution in [0.2, 0.25) is 0 Å². The van der Waals surface area contributed by atoms with Crippen LogP contribution < -0.4 is 5.32 Å². The lowest BCUT2D eigenvalue weighted by molar-refractivity contribution is 0.0950. The van der Waals surface area contributed by atoms with E-state index in [1.165, 1.54) is 11.4 Å². The number of hydrogen-bond donors (Lipinski definition) is 1. The Morgan fingerprint density at radius 3 is 2.42 bits per heavy atom. The van der Waals surface area contributed by atoms with Crippen molar-refractivity contribution in [2.24, 2.45) is 0 Å². The van der Waals surface area contributed by atoms with E-state index in [-0.39, 0.29) is 5.91 Å². The SMILES string of the molecule is Cc1ccc(C)n1-c1ccc(C(=O)NCc2nnc3ccccn23)cc1. The van der Waals surface area contributed by atoms with Gasteiger partial charge in [0.25, 0.3) is 5.91 Å². The lowest BCUT2D eigenvalue weighted by Gasteiger charge is -2.10. The second-order valence-electron chi connectivity index (χ2n) is 6.23. The molecule has 4 rings (SSSR count). The molecule has 0 saturated carbocycles. The van der Waals surface area contributed by atoms with Crippen LogP contribution in [0.1, 0.15) is 27.6 Å². The largest absolute Gasteiger partial charge is 0.345 e. The zero-order valence-electron chi connectivity index (χ0n) is 14.7. The van der Waals surface area contributed by atoms with Gasteiger partial charge in [0.2, 0.25) is 0 Å². The van der Waals surface area contributed by atoms with Crippen molar-refractivity contribution >= 4 is 11.6 Å². The highest BCUT2D eigenvalue weighted by Gasteiger charge is 2.10. The van der Waals surface area contributed by atoms with Crippen molar-refractivity contribution in [2.75, 3.05) is 0 Å². The number of aromatic nitrogens is 4. The number of rotatable bonds is 4. The third-order valence-corrected chi connectivity index (χ3v) is 4.45. The zero-order chi connectivity index (χ0) is 18.1. The molecule has 0 aliphatic rings. The first-order valence-electron chi connectivity index (χ1n) is 8.46. The molecule has 1 aromatic carbocycles. The lowest BCUT2D eigenvalue weighted by Crippen LogP contribution is -2.24. The average molecular weight is 345 g/mol. The van der Waals surface area contributed by atoms with Crippen molar-refractivity contribution in [3.63, 3.8) is 0 Å². The Bertz CT molecular complexity index is 1060. The summed E-state index contributed by atoms with van der Waals surface area (Å²) < 4.78 is 4.02. The molecular weight excluding hydrogens is 326 g/mol. The Kier molecular flexibility index (Phi) is 4.01. The summed E-state index contributed by atoms with van der Waals surface area (Å²) in [4.78, 5) is 12.4. The van der Waals surface area contributed by atoms with Gasteiger partial charge >= 0.3 is 0 Å². The number of aryl methyl sites for hydroxylation is 2. The molecule has 3 heterocycles. The molecule has 3 aromatic heterocycles. The molecule has 0 spiro atoms. The first-order chi connectivity index (χ1) is 12.6. The highest BCUT2D eigenvalue weighted by Crippen LogP contribution is 2.17. The van der Waals surface area contributed by atoms with Gasteiger partial charge in [0, 0.05) is 28.8 Å². The van der Waals surface area contributed by atoms with E-state index in [1.807, 2.05) is 53.1 Å². The van der Waals surface area contributed by atoms with Crippen LogP contribution in [0.5, 0.6) is 0 Å². The van der Waals surface area contributed by atoms with Gasteiger partial charge in [-0.25, -0.2) is 0 Å². The van der Waals surface area contributed by atoms with E-state index >= 15 is 0 Å². The van der Waals surface area contributed by atoms with Gasteiger partial charge in [-0.3, -0.25) is 9.20 Å². The van der Waals surface area contributed by atoms with Crippen LogP contribution in [0.25, 0.3) is 11.3 Å². The molecule has 0 unspecified atom stereocenters. The smallest absolute Gasteiger partial charge is 0.251 e. The molecule has 6 heteroatoms. The molecule has 0 fully saturated rings. The van der Waals surface area contributed by atoms with Crippen molar-refractivity contribution < 1.29 is 4.79 Å². The molecule has 1 N–H and O–H groups in total. The monoisotopic (exact) mass is 345 g/mol. The number of fused-ring (bicyclic) bond motifs is 1. The molecule has 0 aliphatic carbocycles. The van der Waals surface area contributed by atoms with Gasteiger partial charge < -0.3 is 9.88 Å². The van der Waals surface area contributed by atoms with E-state index in [2.05, 4.69) is 46.1 Å². The number of carbonyl (C=O) groups excluding carboxylic acids is 1. The van der Waals surface area contributed by atoms with Crippen molar-refractivity contribution in [1.82, 2.24) is 24.5 Å². The highest BCUT2D eigenvalue weighted by molar-refractivity contribution is 5.94. The maximum absolute atomic E-state index is 12.4. The predicted molar refractivity (Wildman–Crippen MR) is 99.4 cm³/mol. The van der Waals surface area contributed by atoms with Crippen LogP contribution >= 0.6 is 0 Å². The maximum Gasteiger partial charge on any atom is 0.251 e. The summed E-state index contributed by atoms with van der Waals surface area (Å²) in [5, 5.41) is 11.1. The van der Waals surface area contributed by atoms with E-state index < -0.39 is 0 Å².